The Kier molecular flexibility index (Phi) is 7.05. The molecule has 2 fully saturated rings. The molecule has 0 aliphatic carbocycles. The van der Waals surface area contributed by atoms with Gasteiger partial charge in [0.15, 0.2) is 11.6 Å². The van der Waals surface area contributed by atoms with Crippen LogP contribution in [0.3, 0.4) is 0 Å². The van der Waals surface area contributed by atoms with Gasteiger partial charge >= 0.3 is 0 Å². The first-order valence-electron chi connectivity index (χ1n) is 11.9. The number of piperidine rings is 1. The van der Waals surface area contributed by atoms with Gasteiger partial charge in [0.1, 0.15) is 11.9 Å². The number of hydrogen-bond acceptors (Lipinski definition) is 6. The lowest BCUT2D eigenvalue weighted by Crippen LogP contribution is -2.53. The number of aromatic nitrogens is 3. The Hall–Kier alpha value is -2.88. The molecule has 2 aliphatic heterocycles. The normalized spacial score (nSPS) is 17.6. The van der Waals surface area contributed by atoms with Gasteiger partial charge in [0.25, 0.3) is 0 Å². The quantitative estimate of drug-likeness (QED) is 0.453. The third kappa shape index (κ3) is 4.87. The van der Waals surface area contributed by atoms with Crippen LogP contribution in [0.25, 0.3) is 11.1 Å². The molecular weight excluding hydrogens is 506 g/mol. The summed E-state index contributed by atoms with van der Waals surface area (Å²) in [5.41, 5.74) is 8.04. The number of likely N-dealkylation sites (tertiary alicyclic amines) is 1. The molecule has 190 valence electrons. The second kappa shape index (κ2) is 10.2. The van der Waals surface area contributed by atoms with Crippen LogP contribution in [0.5, 0.6) is 5.75 Å². The average Bonchev–Trinajstić information content (AvgIpc) is 3.32. The lowest BCUT2D eigenvalue weighted by atomic mass is 9.98. The van der Waals surface area contributed by atoms with Crippen molar-refractivity contribution in [3.05, 3.63) is 58.2 Å². The van der Waals surface area contributed by atoms with E-state index in [1.165, 1.54) is 12.1 Å². The summed E-state index contributed by atoms with van der Waals surface area (Å²) in [6.07, 6.45) is 6.45. The minimum absolute atomic E-state index is 0.0870. The molecule has 0 spiro atoms. The van der Waals surface area contributed by atoms with E-state index in [1.807, 2.05) is 15.8 Å². The van der Waals surface area contributed by atoms with Gasteiger partial charge in [0.2, 0.25) is 5.91 Å². The molecule has 0 radical (unpaired) electrons. The smallest absolute Gasteiger partial charge is 0.228 e. The molecule has 2 aromatic heterocycles. The first-order chi connectivity index (χ1) is 17.3. The number of nitrogens with zero attached hydrogens (tertiary/aromatic N) is 4. The van der Waals surface area contributed by atoms with Gasteiger partial charge in [-0.25, -0.2) is 9.37 Å². The highest BCUT2D eigenvalue weighted by Crippen LogP contribution is 2.37. The number of pyridine rings is 1. The van der Waals surface area contributed by atoms with Crippen molar-refractivity contribution >= 4 is 34.9 Å². The Morgan fingerprint density at radius 3 is 2.67 bits per heavy atom. The monoisotopic (exact) mass is 532 g/mol. The summed E-state index contributed by atoms with van der Waals surface area (Å²) in [6.45, 7) is 4.75. The summed E-state index contributed by atoms with van der Waals surface area (Å²) in [5.74, 6) is 0.336. The van der Waals surface area contributed by atoms with Gasteiger partial charge in [-0.2, -0.15) is 5.10 Å². The molecule has 1 amide bonds. The maximum Gasteiger partial charge on any atom is 0.228 e. The highest BCUT2D eigenvalue weighted by Gasteiger charge is 2.32. The predicted molar refractivity (Wildman–Crippen MR) is 137 cm³/mol. The van der Waals surface area contributed by atoms with Gasteiger partial charge in [-0.1, -0.05) is 23.2 Å². The maximum atomic E-state index is 14.0. The standard InChI is InChI=1S/C25H27Cl2FN6O2/c1-14(22-19(26)2-3-20(28)23(22)27)36-21-8-15(11-31-24(21)29)17-12-32-34(13-17)18-4-6-33(7-5-18)25(35)16-9-30-10-16/h2-3,8,11-14,16,18,30H,4-7,9-10H2,1H3,(H2,29,31). The van der Waals surface area contributed by atoms with E-state index >= 15 is 0 Å². The number of nitrogens with one attached hydrogen (secondary N) is 1. The van der Waals surface area contributed by atoms with Crippen molar-refractivity contribution < 1.29 is 13.9 Å². The molecule has 3 aromatic rings. The molecule has 2 aliphatic rings. The van der Waals surface area contributed by atoms with Crippen LogP contribution in [0.15, 0.2) is 36.8 Å². The first-order valence-corrected chi connectivity index (χ1v) is 12.7. The van der Waals surface area contributed by atoms with Gasteiger partial charge in [-0.15, -0.1) is 0 Å². The molecular formula is C25H27Cl2FN6O2. The van der Waals surface area contributed by atoms with Crippen LogP contribution in [0.2, 0.25) is 10.0 Å². The summed E-state index contributed by atoms with van der Waals surface area (Å²) < 4.78 is 21.9. The Morgan fingerprint density at radius 1 is 1.22 bits per heavy atom. The summed E-state index contributed by atoms with van der Waals surface area (Å²) in [6, 6.07) is 4.64. The van der Waals surface area contributed by atoms with E-state index in [9.17, 15) is 9.18 Å². The van der Waals surface area contributed by atoms with Gasteiger partial charge in [-0.3, -0.25) is 9.48 Å². The molecule has 36 heavy (non-hydrogen) atoms. The lowest BCUT2D eigenvalue weighted by molar-refractivity contribution is -0.138. The molecule has 0 bridgehead atoms. The predicted octanol–water partition coefficient (Wildman–Crippen LogP) is 4.50. The molecule has 1 aromatic carbocycles. The van der Waals surface area contributed by atoms with Crippen LogP contribution in [-0.2, 0) is 4.79 Å². The van der Waals surface area contributed by atoms with Crippen molar-refractivity contribution in [3.8, 4) is 16.9 Å². The molecule has 5 rings (SSSR count). The van der Waals surface area contributed by atoms with Crippen molar-refractivity contribution in [2.24, 2.45) is 5.92 Å². The van der Waals surface area contributed by atoms with Crippen LogP contribution in [0.1, 0.15) is 37.5 Å². The number of ether oxygens (including phenoxy) is 1. The third-order valence-electron chi connectivity index (χ3n) is 6.89. The van der Waals surface area contributed by atoms with Gasteiger partial charge in [0, 0.05) is 60.3 Å². The number of carbonyl (C=O) groups excluding carboxylic acids is 1. The zero-order valence-electron chi connectivity index (χ0n) is 19.8. The first kappa shape index (κ1) is 24.8. The number of hydrogen-bond donors (Lipinski definition) is 2. The summed E-state index contributed by atoms with van der Waals surface area (Å²) >= 11 is 12.4. The summed E-state index contributed by atoms with van der Waals surface area (Å²) in [7, 11) is 0. The number of anilines is 1. The Bertz CT molecular complexity index is 1270. The number of halogens is 3. The Labute approximate surface area is 218 Å². The number of amides is 1. The molecule has 8 nitrogen and oxygen atoms in total. The van der Waals surface area contributed by atoms with E-state index in [1.54, 1.807) is 25.4 Å². The van der Waals surface area contributed by atoms with Crippen LogP contribution < -0.4 is 15.8 Å². The highest BCUT2D eigenvalue weighted by atomic mass is 35.5. The average molecular weight is 533 g/mol. The number of nitrogens with two attached hydrogens (primary N) is 1. The van der Waals surface area contributed by atoms with E-state index in [0.717, 1.165) is 50.1 Å². The highest BCUT2D eigenvalue weighted by molar-refractivity contribution is 6.36. The maximum absolute atomic E-state index is 14.0. The van der Waals surface area contributed by atoms with Crippen molar-refractivity contribution in [1.29, 1.82) is 0 Å². The SMILES string of the molecule is CC(Oc1cc(-c2cnn(C3CCN(C(=O)C4CNC4)CC3)c2)cnc1N)c1c(Cl)ccc(F)c1Cl. The van der Waals surface area contributed by atoms with Gasteiger partial charge in [0.05, 0.1) is 23.2 Å². The minimum atomic E-state index is -0.661. The second-order valence-electron chi connectivity index (χ2n) is 9.24. The number of rotatable bonds is 6. The van der Waals surface area contributed by atoms with E-state index in [4.69, 9.17) is 33.7 Å². The summed E-state index contributed by atoms with van der Waals surface area (Å²) in [5, 5.41) is 7.94. The number of benzene rings is 1. The largest absolute Gasteiger partial charge is 0.482 e. The molecule has 11 heteroatoms. The van der Waals surface area contributed by atoms with Crippen LogP contribution in [0.4, 0.5) is 10.2 Å². The van der Waals surface area contributed by atoms with Crippen LogP contribution >= 0.6 is 23.2 Å². The zero-order valence-corrected chi connectivity index (χ0v) is 21.3. The zero-order chi connectivity index (χ0) is 25.4. The summed E-state index contributed by atoms with van der Waals surface area (Å²) in [4.78, 5) is 18.7. The lowest BCUT2D eigenvalue weighted by Gasteiger charge is -2.37. The number of nitrogen functional groups attached to an aromatic ring is 1. The van der Waals surface area contributed by atoms with E-state index in [-0.39, 0.29) is 28.7 Å². The molecule has 3 N–H and O–H groups in total. The van der Waals surface area contributed by atoms with E-state index in [0.29, 0.717) is 16.3 Å². The van der Waals surface area contributed by atoms with Crippen molar-refractivity contribution in [1.82, 2.24) is 25.0 Å². The topological polar surface area (TPSA) is 98.3 Å². The van der Waals surface area contributed by atoms with E-state index < -0.39 is 11.9 Å². The fraction of sp³-hybridized carbons (Fsp3) is 0.400. The van der Waals surface area contributed by atoms with Gasteiger partial charge < -0.3 is 20.7 Å². The fourth-order valence-corrected chi connectivity index (χ4v) is 5.31. The Morgan fingerprint density at radius 2 is 1.97 bits per heavy atom. The van der Waals surface area contributed by atoms with Crippen molar-refractivity contribution in [2.75, 3.05) is 31.9 Å². The van der Waals surface area contributed by atoms with Gasteiger partial charge in [-0.05, 0) is 38.0 Å². The van der Waals surface area contributed by atoms with E-state index in [2.05, 4.69) is 15.4 Å². The molecule has 2 saturated heterocycles. The molecule has 1 unspecified atom stereocenters. The second-order valence-corrected chi connectivity index (χ2v) is 10.0. The Balaban J connectivity index is 1.28. The van der Waals surface area contributed by atoms with Crippen LogP contribution in [-0.4, -0.2) is 51.8 Å². The van der Waals surface area contributed by atoms with Crippen LogP contribution in [0, 0.1) is 11.7 Å². The molecule has 1 atom stereocenters. The molecule has 0 saturated carbocycles. The third-order valence-corrected chi connectivity index (χ3v) is 7.60. The van der Waals surface area contributed by atoms with Crippen molar-refractivity contribution in [3.63, 3.8) is 0 Å². The fourth-order valence-electron chi connectivity index (χ4n) is 4.63. The minimum Gasteiger partial charge on any atom is -0.482 e. The molecule has 4 heterocycles. The number of carbonyl (C=O) groups is 1. The van der Waals surface area contributed by atoms with Crippen molar-refractivity contribution in [2.45, 2.75) is 31.9 Å².